The van der Waals surface area contributed by atoms with Crippen molar-refractivity contribution in [2.24, 2.45) is 5.14 Å². The lowest BCUT2D eigenvalue weighted by atomic mass is 9.88. The maximum atomic E-state index is 14.7. The maximum absolute atomic E-state index is 14.7. The summed E-state index contributed by atoms with van der Waals surface area (Å²) in [5.74, 6) is -0.457. The van der Waals surface area contributed by atoms with E-state index in [-0.39, 0.29) is 25.1 Å². The first-order chi connectivity index (χ1) is 8.31. The molecule has 18 heavy (non-hydrogen) atoms. The van der Waals surface area contributed by atoms with Crippen LogP contribution in [0.4, 0.5) is 8.78 Å². The molecule has 0 amide bonds. The molecular weight excluding hydrogens is 262 g/mol. The molecule has 0 aliphatic carbocycles. The normalized spacial score (nSPS) is 26.2. The summed E-state index contributed by atoms with van der Waals surface area (Å²) in [5, 5.41) is 5.00. The number of nitrogens with zero attached hydrogens (tertiary/aromatic N) is 1. The second-order valence-electron chi connectivity index (χ2n) is 4.45. The smallest absolute Gasteiger partial charge is 0.237 e. The van der Waals surface area contributed by atoms with Gasteiger partial charge in [-0.25, -0.2) is 13.9 Å². The number of alkyl halides is 1. The minimum absolute atomic E-state index is 0.199. The van der Waals surface area contributed by atoms with E-state index in [0.717, 1.165) is 16.4 Å². The van der Waals surface area contributed by atoms with Gasteiger partial charge < -0.3 is 0 Å². The van der Waals surface area contributed by atoms with Crippen molar-refractivity contribution in [3.63, 3.8) is 0 Å². The molecule has 1 fully saturated rings. The lowest BCUT2D eigenvalue weighted by Gasteiger charge is -2.35. The van der Waals surface area contributed by atoms with Gasteiger partial charge in [-0.2, -0.15) is 12.7 Å². The summed E-state index contributed by atoms with van der Waals surface area (Å²) in [6.07, 6.45) is 0.578. The van der Waals surface area contributed by atoms with E-state index in [2.05, 4.69) is 0 Å². The van der Waals surface area contributed by atoms with E-state index in [1.165, 1.54) is 12.1 Å². The second kappa shape index (κ2) is 4.56. The second-order valence-corrected chi connectivity index (χ2v) is 6.00. The van der Waals surface area contributed by atoms with Crippen molar-refractivity contribution < 1.29 is 17.2 Å². The van der Waals surface area contributed by atoms with E-state index in [1.54, 1.807) is 0 Å². The summed E-state index contributed by atoms with van der Waals surface area (Å²) >= 11 is 0. The highest BCUT2D eigenvalue weighted by Gasteiger charge is 2.40. The van der Waals surface area contributed by atoms with Crippen molar-refractivity contribution >= 4 is 10.2 Å². The third-order valence-corrected chi connectivity index (χ3v) is 4.16. The van der Waals surface area contributed by atoms with Gasteiger partial charge in [0.05, 0.1) is 6.54 Å². The van der Waals surface area contributed by atoms with Crippen LogP contribution in [0.25, 0.3) is 0 Å². The number of halogens is 2. The molecule has 1 atom stereocenters. The number of piperidine rings is 1. The van der Waals surface area contributed by atoms with E-state index in [4.69, 9.17) is 5.14 Å². The highest BCUT2D eigenvalue weighted by molar-refractivity contribution is 7.86. The molecule has 1 unspecified atom stereocenters. The van der Waals surface area contributed by atoms with Crippen LogP contribution >= 0.6 is 0 Å². The van der Waals surface area contributed by atoms with Gasteiger partial charge >= 0.3 is 0 Å². The summed E-state index contributed by atoms with van der Waals surface area (Å²) in [5.41, 5.74) is -1.53. The van der Waals surface area contributed by atoms with Gasteiger partial charge in [0.2, 0.25) is 0 Å². The minimum Gasteiger partial charge on any atom is -0.237 e. The summed E-state index contributed by atoms with van der Waals surface area (Å²) in [6.45, 7) is -0.108. The quantitative estimate of drug-likeness (QED) is 0.884. The average molecular weight is 276 g/mol. The summed E-state index contributed by atoms with van der Waals surface area (Å²) in [4.78, 5) is 0. The van der Waals surface area contributed by atoms with Crippen LogP contribution in [0.3, 0.4) is 0 Å². The SMILES string of the molecule is NS(=O)(=O)N1CCCC(F)(c2ccc(F)cc2)C1. The third kappa shape index (κ3) is 2.68. The van der Waals surface area contributed by atoms with Crippen LogP contribution in [0.5, 0.6) is 0 Å². The van der Waals surface area contributed by atoms with Gasteiger partial charge in [-0.15, -0.1) is 0 Å². The van der Waals surface area contributed by atoms with Crippen molar-refractivity contribution in [3.05, 3.63) is 35.6 Å². The number of hydrogen-bond donors (Lipinski definition) is 1. The van der Waals surface area contributed by atoms with Crippen molar-refractivity contribution in [1.29, 1.82) is 0 Å². The molecule has 4 nitrogen and oxygen atoms in total. The summed E-state index contributed by atoms with van der Waals surface area (Å²) < 4.78 is 50.9. The number of benzene rings is 1. The third-order valence-electron chi connectivity index (χ3n) is 3.13. The predicted molar refractivity (Wildman–Crippen MR) is 63.1 cm³/mol. The zero-order valence-corrected chi connectivity index (χ0v) is 10.5. The zero-order chi connectivity index (χ0) is 13.4. The number of rotatable bonds is 2. The fourth-order valence-corrected chi connectivity index (χ4v) is 2.94. The average Bonchev–Trinajstić information content (AvgIpc) is 2.28. The molecule has 7 heteroatoms. The van der Waals surface area contributed by atoms with E-state index >= 15 is 0 Å². The van der Waals surface area contributed by atoms with Crippen LogP contribution in [-0.2, 0) is 15.9 Å². The molecule has 1 aliphatic rings. The Bertz CT molecular complexity index is 532. The highest BCUT2D eigenvalue weighted by atomic mass is 32.2. The molecule has 2 N–H and O–H groups in total. The maximum Gasteiger partial charge on any atom is 0.277 e. The first-order valence-electron chi connectivity index (χ1n) is 5.54. The Labute approximate surface area is 105 Å². The Morgan fingerprint density at radius 3 is 2.44 bits per heavy atom. The molecule has 0 saturated carbocycles. The van der Waals surface area contributed by atoms with Gasteiger partial charge in [0.25, 0.3) is 10.2 Å². The van der Waals surface area contributed by atoms with Crippen LogP contribution in [0.1, 0.15) is 18.4 Å². The monoisotopic (exact) mass is 276 g/mol. The molecule has 0 radical (unpaired) electrons. The van der Waals surface area contributed by atoms with Crippen LogP contribution in [-0.4, -0.2) is 25.8 Å². The lowest BCUT2D eigenvalue weighted by Crippen LogP contribution is -2.48. The molecule has 100 valence electrons. The summed E-state index contributed by atoms with van der Waals surface area (Å²) in [6, 6.07) is 4.99. The molecule has 1 saturated heterocycles. The molecular formula is C11H14F2N2O2S. The first kappa shape index (κ1) is 13.4. The van der Waals surface area contributed by atoms with Crippen LogP contribution in [0, 0.1) is 5.82 Å². The van der Waals surface area contributed by atoms with Gasteiger partial charge in [0.1, 0.15) is 11.5 Å². The fourth-order valence-electron chi connectivity index (χ4n) is 2.17. The molecule has 0 bridgehead atoms. The first-order valence-corrected chi connectivity index (χ1v) is 7.04. The van der Waals surface area contributed by atoms with Gasteiger partial charge in [0, 0.05) is 6.54 Å². The van der Waals surface area contributed by atoms with Crippen LogP contribution in [0.2, 0.25) is 0 Å². The highest BCUT2D eigenvalue weighted by Crippen LogP contribution is 2.36. The number of hydrogen-bond acceptors (Lipinski definition) is 2. The molecule has 1 aromatic rings. The van der Waals surface area contributed by atoms with Gasteiger partial charge in [0.15, 0.2) is 0 Å². The Morgan fingerprint density at radius 1 is 1.28 bits per heavy atom. The summed E-state index contributed by atoms with van der Waals surface area (Å²) in [7, 11) is -3.89. The van der Waals surface area contributed by atoms with Crippen molar-refractivity contribution in [3.8, 4) is 0 Å². The van der Waals surface area contributed by atoms with Gasteiger partial charge in [-0.1, -0.05) is 12.1 Å². The Kier molecular flexibility index (Phi) is 3.39. The lowest BCUT2D eigenvalue weighted by molar-refractivity contribution is 0.0814. The van der Waals surface area contributed by atoms with Crippen molar-refractivity contribution in [2.45, 2.75) is 18.5 Å². The van der Waals surface area contributed by atoms with E-state index in [9.17, 15) is 17.2 Å². The Balaban J connectivity index is 2.28. The molecule has 1 aliphatic heterocycles. The fraction of sp³-hybridized carbons (Fsp3) is 0.455. The standard InChI is InChI=1S/C11H14F2N2O2S/c12-10-4-2-9(3-5-10)11(13)6-1-7-15(8-11)18(14,16)17/h2-5H,1,6-8H2,(H2,14,16,17). The molecule has 0 aromatic heterocycles. The predicted octanol–water partition coefficient (Wildman–Crippen LogP) is 1.29. The largest absolute Gasteiger partial charge is 0.277 e. The van der Waals surface area contributed by atoms with Gasteiger partial charge in [-0.05, 0) is 30.5 Å². The Morgan fingerprint density at radius 2 is 1.89 bits per heavy atom. The van der Waals surface area contributed by atoms with E-state index in [1.807, 2.05) is 0 Å². The number of nitrogens with two attached hydrogens (primary N) is 1. The van der Waals surface area contributed by atoms with E-state index in [0.29, 0.717) is 6.42 Å². The van der Waals surface area contributed by atoms with Gasteiger partial charge in [-0.3, -0.25) is 0 Å². The topological polar surface area (TPSA) is 63.4 Å². The molecule has 1 aromatic carbocycles. The molecule has 2 rings (SSSR count). The zero-order valence-electron chi connectivity index (χ0n) is 9.64. The van der Waals surface area contributed by atoms with Crippen LogP contribution < -0.4 is 5.14 Å². The van der Waals surface area contributed by atoms with Crippen LogP contribution in [0.15, 0.2) is 24.3 Å². The van der Waals surface area contributed by atoms with Crippen molar-refractivity contribution in [2.75, 3.05) is 13.1 Å². The van der Waals surface area contributed by atoms with E-state index < -0.39 is 21.7 Å². The van der Waals surface area contributed by atoms with Crippen molar-refractivity contribution in [1.82, 2.24) is 4.31 Å². The minimum atomic E-state index is -3.89. The molecule has 0 spiro atoms. The molecule has 1 heterocycles. The Hall–Kier alpha value is -1.05.